The molecule has 8 nitrogen and oxygen atoms in total. The monoisotopic (exact) mass is 493 g/mol. The van der Waals surface area contributed by atoms with Gasteiger partial charge in [0.2, 0.25) is 5.91 Å². The Kier molecular flexibility index (Phi) is 7.61. The maximum atomic E-state index is 12.5. The fourth-order valence-electron chi connectivity index (χ4n) is 3.17. The summed E-state index contributed by atoms with van der Waals surface area (Å²) in [6.07, 6.45) is 0.713. The first kappa shape index (κ1) is 23.5. The van der Waals surface area contributed by atoms with Crippen LogP contribution in [-0.4, -0.2) is 39.4 Å². The molecule has 0 aliphatic carbocycles. The molecule has 0 aliphatic rings. The lowest BCUT2D eigenvalue weighted by molar-refractivity contribution is -0.113. The third kappa shape index (κ3) is 5.83. The van der Waals surface area contributed by atoms with E-state index in [1.54, 1.807) is 54.8 Å². The molecule has 10 heteroatoms. The van der Waals surface area contributed by atoms with Crippen LogP contribution in [0.4, 0.5) is 11.4 Å². The van der Waals surface area contributed by atoms with Crippen LogP contribution >= 0.6 is 23.1 Å². The number of rotatable bonds is 9. The Balaban J connectivity index is 1.29. The highest BCUT2D eigenvalue weighted by atomic mass is 32.2. The summed E-state index contributed by atoms with van der Waals surface area (Å²) in [7, 11) is 3.45. The molecule has 2 N–H and O–H groups in total. The van der Waals surface area contributed by atoms with Crippen molar-refractivity contribution in [3.63, 3.8) is 0 Å². The Morgan fingerprint density at radius 2 is 1.82 bits per heavy atom. The first-order chi connectivity index (χ1) is 16.5. The average molecular weight is 494 g/mol. The van der Waals surface area contributed by atoms with Crippen LogP contribution in [0.1, 0.15) is 21.1 Å². The largest absolute Gasteiger partial charge is 0.495 e. The van der Waals surface area contributed by atoms with Gasteiger partial charge in [-0.2, -0.15) is 0 Å². The number of carbonyl (C=O) groups is 2. The highest BCUT2D eigenvalue weighted by Gasteiger charge is 2.13. The van der Waals surface area contributed by atoms with Crippen molar-refractivity contribution >= 4 is 46.3 Å². The number of para-hydroxylation sites is 2. The zero-order chi connectivity index (χ0) is 23.9. The number of nitrogens with one attached hydrogen (secondary N) is 2. The fourth-order valence-corrected chi connectivity index (χ4v) is 4.60. The van der Waals surface area contributed by atoms with Gasteiger partial charge >= 0.3 is 0 Å². The van der Waals surface area contributed by atoms with E-state index in [1.807, 2.05) is 35.2 Å². The molecule has 4 rings (SSSR count). The molecule has 34 heavy (non-hydrogen) atoms. The molecule has 4 aromatic rings. The van der Waals surface area contributed by atoms with Gasteiger partial charge in [-0.25, -0.2) is 0 Å². The molecule has 0 bridgehead atoms. The zero-order valence-electron chi connectivity index (χ0n) is 18.6. The standard InChI is InChI=1S/C24H23N5O3S2/c1-29-21(14-18-6-5-13-33-18)27-28-24(29)34-15-22(30)25-17-11-9-16(10-12-17)23(31)26-19-7-3-4-8-20(19)32-2/h3-13H,14-15H2,1-2H3,(H,25,30)(H,26,31). The molecule has 2 aromatic carbocycles. The zero-order valence-corrected chi connectivity index (χ0v) is 20.3. The minimum absolute atomic E-state index is 0.168. The summed E-state index contributed by atoms with van der Waals surface area (Å²) in [4.78, 5) is 26.2. The normalized spacial score (nSPS) is 10.6. The minimum atomic E-state index is -0.265. The summed E-state index contributed by atoms with van der Waals surface area (Å²) in [5, 5.41) is 16.8. The molecule has 0 atom stereocenters. The number of thiophene rings is 1. The molecule has 0 fully saturated rings. The average Bonchev–Trinajstić information content (AvgIpc) is 3.49. The summed E-state index contributed by atoms with van der Waals surface area (Å²) in [6.45, 7) is 0. The van der Waals surface area contributed by atoms with E-state index in [4.69, 9.17) is 4.74 Å². The van der Waals surface area contributed by atoms with Crippen LogP contribution in [0, 0.1) is 0 Å². The SMILES string of the molecule is COc1ccccc1NC(=O)c1ccc(NC(=O)CSc2nnc(Cc3cccs3)n2C)cc1. The molecule has 0 unspecified atom stereocenters. The predicted molar refractivity (Wildman–Crippen MR) is 135 cm³/mol. The summed E-state index contributed by atoms with van der Waals surface area (Å²) >= 11 is 3.00. The van der Waals surface area contributed by atoms with Crippen LogP contribution < -0.4 is 15.4 Å². The fraction of sp³-hybridized carbons (Fsp3) is 0.167. The summed E-state index contributed by atoms with van der Waals surface area (Å²) in [5.74, 6) is 1.20. The maximum absolute atomic E-state index is 12.5. The Labute approximate surface area is 205 Å². The first-order valence-corrected chi connectivity index (χ1v) is 12.3. The Morgan fingerprint density at radius 1 is 1.03 bits per heavy atom. The quantitative estimate of drug-likeness (QED) is 0.334. The molecule has 0 saturated carbocycles. The van der Waals surface area contributed by atoms with Gasteiger partial charge in [0, 0.05) is 29.6 Å². The third-order valence-electron chi connectivity index (χ3n) is 4.96. The summed E-state index contributed by atoms with van der Waals surface area (Å²) < 4.78 is 7.17. The van der Waals surface area contributed by atoms with Crippen LogP contribution in [0.25, 0.3) is 0 Å². The smallest absolute Gasteiger partial charge is 0.255 e. The number of hydrogen-bond donors (Lipinski definition) is 2. The molecule has 0 radical (unpaired) electrons. The number of anilines is 2. The second kappa shape index (κ2) is 11.0. The molecular formula is C24H23N5O3S2. The molecule has 174 valence electrons. The predicted octanol–water partition coefficient (Wildman–Crippen LogP) is 4.46. The van der Waals surface area contributed by atoms with Crippen LogP contribution in [0.2, 0.25) is 0 Å². The number of amides is 2. The number of aromatic nitrogens is 3. The Morgan fingerprint density at radius 3 is 2.56 bits per heavy atom. The number of methoxy groups -OCH3 is 1. The molecule has 0 spiro atoms. The molecule has 0 saturated heterocycles. The molecular weight excluding hydrogens is 470 g/mol. The number of carbonyl (C=O) groups excluding carboxylic acids is 2. The molecule has 2 amide bonds. The second-order valence-corrected chi connectivity index (χ2v) is 9.26. The maximum Gasteiger partial charge on any atom is 0.255 e. The van der Waals surface area contributed by atoms with Crippen molar-refractivity contribution in [3.8, 4) is 5.75 Å². The van der Waals surface area contributed by atoms with Crippen molar-refractivity contribution < 1.29 is 14.3 Å². The lowest BCUT2D eigenvalue weighted by atomic mass is 10.2. The Hall–Kier alpha value is -3.63. The van der Waals surface area contributed by atoms with Crippen molar-refractivity contribution in [1.29, 1.82) is 0 Å². The van der Waals surface area contributed by atoms with Crippen LogP contribution in [0.5, 0.6) is 5.75 Å². The van der Waals surface area contributed by atoms with Crippen molar-refractivity contribution in [1.82, 2.24) is 14.8 Å². The van der Waals surface area contributed by atoms with E-state index in [9.17, 15) is 9.59 Å². The molecule has 2 aromatic heterocycles. The van der Waals surface area contributed by atoms with Gasteiger partial charge in [-0.3, -0.25) is 9.59 Å². The van der Waals surface area contributed by atoms with Crippen LogP contribution in [-0.2, 0) is 18.3 Å². The molecule has 2 heterocycles. The number of nitrogens with zero attached hydrogens (tertiary/aromatic N) is 3. The van der Waals surface area contributed by atoms with Crippen molar-refractivity contribution in [2.24, 2.45) is 7.05 Å². The van der Waals surface area contributed by atoms with Gasteiger partial charge < -0.3 is 19.9 Å². The van der Waals surface area contributed by atoms with E-state index in [0.29, 0.717) is 34.3 Å². The Bertz CT molecular complexity index is 1270. The van der Waals surface area contributed by atoms with Gasteiger partial charge in [0.05, 0.1) is 18.6 Å². The van der Waals surface area contributed by atoms with Crippen LogP contribution in [0.3, 0.4) is 0 Å². The second-order valence-electron chi connectivity index (χ2n) is 7.28. The van der Waals surface area contributed by atoms with E-state index in [2.05, 4.69) is 26.9 Å². The molecule has 0 aliphatic heterocycles. The first-order valence-electron chi connectivity index (χ1n) is 10.4. The highest BCUT2D eigenvalue weighted by Crippen LogP contribution is 2.24. The minimum Gasteiger partial charge on any atom is -0.495 e. The summed E-state index contributed by atoms with van der Waals surface area (Å²) in [6, 6.07) is 18.0. The number of ether oxygens (including phenoxy) is 1. The summed E-state index contributed by atoms with van der Waals surface area (Å²) in [5.41, 5.74) is 1.66. The number of hydrogen-bond acceptors (Lipinski definition) is 7. The van der Waals surface area contributed by atoms with Gasteiger partial charge in [-0.05, 0) is 47.8 Å². The van der Waals surface area contributed by atoms with Crippen molar-refractivity contribution in [2.75, 3.05) is 23.5 Å². The number of benzene rings is 2. The third-order valence-corrected chi connectivity index (χ3v) is 6.85. The van der Waals surface area contributed by atoms with E-state index >= 15 is 0 Å². The van der Waals surface area contributed by atoms with E-state index < -0.39 is 0 Å². The van der Waals surface area contributed by atoms with Gasteiger partial charge in [0.1, 0.15) is 11.6 Å². The van der Waals surface area contributed by atoms with Gasteiger partial charge in [0.25, 0.3) is 5.91 Å². The number of thioether (sulfide) groups is 1. The van der Waals surface area contributed by atoms with E-state index in [-0.39, 0.29) is 17.6 Å². The van der Waals surface area contributed by atoms with Gasteiger partial charge in [0.15, 0.2) is 5.16 Å². The van der Waals surface area contributed by atoms with E-state index in [0.717, 1.165) is 5.82 Å². The van der Waals surface area contributed by atoms with Gasteiger partial charge in [-0.15, -0.1) is 21.5 Å². The van der Waals surface area contributed by atoms with Gasteiger partial charge in [-0.1, -0.05) is 30.0 Å². The lowest BCUT2D eigenvalue weighted by Gasteiger charge is -2.10. The lowest BCUT2D eigenvalue weighted by Crippen LogP contribution is -2.15. The van der Waals surface area contributed by atoms with Crippen molar-refractivity contribution in [2.45, 2.75) is 11.6 Å². The topological polar surface area (TPSA) is 98.1 Å². The van der Waals surface area contributed by atoms with Crippen molar-refractivity contribution in [3.05, 3.63) is 82.3 Å². The van der Waals surface area contributed by atoms with Crippen LogP contribution in [0.15, 0.2) is 71.2 Å². The highest BCUT2D eigenvalue weighted by molar-refractivity contribution is 7.99. The van der Waals surface area contributed by atoms with E-state index in [1.165, 1.54) is 16.6 Å².